The number of aromatic nitrogens is 1. The van der Waals surface area contributed by atoms with Crippen molar-refractivity contribution in [3.63, 3.8) is 0 Å². The minimum absolute atomic E-state index is 0.248. The third-order valence-corrected chi connectivity index (χ3v) is 3.05. The summed E-state index contributed by atoms with van der Waals surface area (Å²) in [5.41, 5.74) is 2.26. The Kier molecular flexibility index (Phi) is 4.87. The Bertz CT molecular complexity index is 643. The van der Waals surface area contributed by atoms with Gasteiger partial charge in [-0.15, -0.1) is 0 Å². The zero-order chi connectivity index (χ0) is 15.2. The zero-order valence-electron chi connectivity index (χ0n) is 12.1. The molecule has 0 spiro atoms. The number of rotatable bonds is 5. The predicted octanol–water partition coefficient (Wildman–Crippen LogP) is 3.60. The van der Waals surface area contributed by atoms with Gasteiger partial charge >= 0.3 is 0 Å². The molecule has 0 fully saturated rings. The molecular weight excluding hydrogens is 269 g/mol. The normalized spacial score (nSPS) is 10.2. The van der Waals surface area contributed by atoms with Crippen LogP contribution in [0.5, 0.6) is 0 Å². The van der Waals surface area contributed by atoms with Crippen molar-refractivity contribution in [1.29, 1.82) is 0 Å². The van der Waals surface area contributed by atoms with E-state index in [0.717, 1.165) is 13.0 Å². The number of carbonyl (C=O) groups is 1. The third-order valence-electron chi connectivity index (χ3n) is 3.05. The lowest BCUT2D eigenvalue weighted by Crippen LogP contribution is -2.15. The van der Waals surface area contributed by atoms with Gasteiger partial charge in [0, 0.05) is 18.4 Å². The molecule has 2 N–H and O–H groups in total. The molecule has 2 aromatic rings. The summed E-state index contributed by atoms with van der Waals surface area (Å²) in [5, 5.41) is 5.94. The molecule has 1 heterocycles. The lowest BCUT2D eigenvalue weighted by atomic mass is 10.1. The minimum Gasteiger partial charge on any atom is -0.383 e. The summed E-state index contributed by atoms with van der Waals surface area (Å²) in [6.45, 7) is 4.47. The first-order chi connectivity index (χ1) is 10.1. The van der Waals surface area contributed by atoms with E-state index in [1.807, 2.05) is 6.92 Å². The Morgan fingerprint density at radius 2 is 2.14 bits per heavy atom. The SMILES string of the molecule is CCCNc1cnccc1C(=O)Nc1ccc(F)c(C)c1. The number of nitrogens with zero attached hydrogens (tertiary/aromatic N) is 1. The molecule has 21 heavy (non-hydrogen) atoms. The van der Waals surface area contributed by atoms with Crippen molar-refractivity contribution >= 4 is 17.3 Å². The highest BCUT2D eigenvalue weighted by Gasteiger charge is 2.11. The van der Waals surface area contributed by atoms with Gasteiger partial charge in [0.25, 0.3) is 5.91 Å². The Hall–Kier alpha value is -2.43. The van der Waals surface area contributed by atoms with E-state index in [1.54, 1.807) is 37.5 Å². The molecule has 110 valence electrons. The highest BCUT2D eigenvalue weighted by molar-refractivity contribution is 6.07. The maximum Gasteiger partial charge on any atom is 0.257 e. The Morgan fingerprint density at radius 3 is 2.86 bits per heavy atom. The van der Waals surface area contributed by atoms with E-state index in [9.17, 15) is 9.18 Å². The van der Waals surface area contributed by atoms with E-state index in [0.29, 0.717) is 22.5 Å². The molecule has 0 aliphatic heterocycles. The van der Waals surface area contributed by atoms with E-state index in [-0.39, 0.29) is 11.7 Å². The molecule has 0 saturated heterocycles. The van der Waals surface area contributed by atoms with Gasteiger partial charge in [-0.05, 0) is 43.2 Å². The van der Waals surface area contributed by atoms with Crippen molar-refractivity contribution in [1.82, 2.24) is 4.98 Å². The Balaban J connectivity index is 2.18. The van der Waals surface area contributed by atoms with Gasteiger partial charge in [0.15, 0.2) is 0 Å². The van der Waals surface area contributed by atoms with Crippen LogP contribution < -0.4 is 10.6 Å². The van der Waals surface area contributed by atoms with Gasteiger partial charge in [0.2, 0.25) is 0 Å². The standard InChI is InChI=1S/C16H18FN3O/c1-3-7-19-15-10-18-8-6-13(15)16(21)20-12-4-5-14(17)11(2)9-12/h4-6,8-10,19H,3,7H2,1-2H3,(H,20,21). The second-order valence-electron chi connectivity index (χ2n) is 4.77. The number of carbonyl (C=O) groups excluding carboxylic acids is 1. The largest absolute Gasteiger partial charge is 0.383 e. The molecule has 0 saturated carbocycles. The smallest absolute Gasteiger partial charge is 0.257 e. The molecule has 1 amide bonds. The number of aryl methyl sites for hydroxylation is 1. The van der Waals surface area contributed by atoms with Gasteiger partial charge in [-0.25, -0.2) is 4.39 Å². The fraction of sp³-hybridized carbons (Fsp3) is 0.250. The summed E-state index contributed by atoms with van der Waals surface area (Å²) in [4.78, 5) is 16.3. The van der Waals surface area contributed by atoms with Crippen molar-refractivity contribution in [3.8, 4) is 0 Å². The summed E-state index contributed by atoms with van der Waals surface area (Å²) in [5.74, 6) is -0.538. The number of amides is 1. The first-order valence-electron chi connectivity index (χ1n) is 6.87. The van der Waals surface area contributed by atoms with Crippen LogP contribution in [0.4, 0.5) is 15.8 Å². The molecule has 1 aromatic carbocycles. The lowest BCUT2D eigenvalue weighted by Gasteiger charge is -2.11. The Labute approximate surface area is 123 Å². The van der Waals surface area contributed by atoms with Crippen LogP contribution >= 0.6 is 0 Å². The number of halogens is 1. The van der Waals surface area contributed by atoms with E-state index in [2.05, 4.69) is 15.6 Å². The van der Waals surface area contributed by atoms with Crippen molar-refractivity contribution < 1.29 is 9.18 Å². The van der Waals surface area contributed by atoms with Crippen LogP contribution in [0.1, 0.15) is 29.3 Å². The topological polar surface area (TPSA) is 54.0 Å². The van der Waals surface area contributed by atoms with Gasteiger partial charge in [-0.1, -0.05) is 6.92 Å². The van der Waals surface area contributed by atoms with Crippen LogP contribution in [0, 0.1) is 12.7 Å². The maximum absolute atomic E-state index is 13.2. The molecular formula is C16H18FN3O. The van der Waals surface area contributed by atoms with Crippen molar-refractivity contribution in [2.45, 2.75) is 20.3 Å². The van der Waals surface area contributed by atoms with E-state index in [1.165, 1.54) is 6.07 Å². The molecule has 0 unspecified atom stereocenters. The highest BCUT2D eigenvalue weighted by Crippen LogP contribution is 2.18. The first kappa shape index (κ1) is 15.0. The number of nitrogens with one attached hydrogen (secondary N) is 2. The average Bonchev–Trinajstić information content (AvgIpc) is 2.49. The number of hydrogen-bond donors (Lipinski definition) is 2. The molecule has 0 aliphatic rings. The summed E-state index contributed by atoms with van der Waals surface area (Å²) in [7, 11) is 0. The summed E-state index contributed by atoms with van der Waals surface area (Å²) in [6.07, 6.45) is 4.15. The molecule has 0 radical (unpaired) electrons. The monoisotopic (exact) mass is 287 g/mol. The molecule has 0 bridgehead atoms. The van der Waals surface area contributed by atoms with Gasteiger partial charge in [0.1, 0.15) is 5.82 Å². The van der Waals surface area contributed by atoms with Gasteiger partial charge in [0.05, 0.1) is 17.4 Å². The zero-order valence-corrected chi connectivity index (χ0v) is 12.1. The van der Waals surface area contributed by atoms with Gasteiger partial charge in [-0.3, -0.25) is 9.78 Å². The van der Waals surface area contributed by atoms with Crippen LogP contribution in [0.3, 0.4) is 0 Å². The van der Waals surface area contributed by atoms with Crippen LogP contribution in [0.25, 0.3) is 0 Å². The van der Waals surface area contributed by atoms with Crippen molar-refractivity contribution in [3.05, 3.63) is 53.6 Å². The molecule has 0 aliphatic carbocycles. The highest BCUT2D eigenvalue weighted by atomic mass is 19.1. The van der Waals surface area contributed by atoms with Crippen LogP contribution in [-0.2, 0) is 0 Å². The summed E-state index contributed by atoms with van der Waals surface area (Å²) >= 11 is 0. The number of benzene rings is 1. The Morgan fingerprint density at radius 1 is 1.33 bits per heavy atom. The second-order valence-corrected chi connectivity index (χ2v) is 4.77. The lowest BCUT2D eigenvalue weighted by molar-refractivity contribution is 0.102. The van der Waals surface area contributed by atoms with Crippen molar-refractivity contribution in [2.75, 3.05) is 17.2 Å². The fourth-order valence-electron chi connectivity index (χ4n) is 1.91. The number of hydrogen-bond acceptors (Lipinski definition) is 3. The second kappa shape index (κ2) is 6.83. The first-order valence-corrected chi connectivity index (χ1v) is 6.87. The minimum atomic E-state index is -0.290. The predicted molar refractivity (Wildman–Crippen MR) is 82.1 cm³/mol. The average molecular weight is 287 g/mol. The summed E-state index contributed by atoms with van der Waals surface area (Å²) < 4.78 is 13.2. The van der Waals surface area contributed by atoms with E-state index >= 15 is 0 Å². The molecule has 2 rings (SSSR count). The van der Waals surface area contributed by atoms with Crippen molar-refractivity contribution in [2.24, 2.45) is 0 Å². The number of anilines is 2. The van der Waals surface area contributed by atoms with Crippen LogP contribution in [-0.4, -0.2) is 17.4 Å². The van der Waals surface area contributed by atoms with Crippen LogP contribution in [0.2, 0.25) is 0 Å². The molecule has 1 aromatic heterocycles. The third kappa shape index (κ3) is 3.78. The summed E-state index contributed by atoms with van der Waals surface area (Å²) in [6, 6.07) is 6.14. The van der Waals surface area contributed by atoms with Gasteiger partial charge in [-0.2, -0.15) is 0 Å². The molecule has 5 heteroatoms. The maximum atomic E-state index is 13.2. The number of pyridine rings is 1. The van der Waals surface area contributed by atoms with E-state index in [4.69, 9.17) is 0 Å². The van der Waals surface area contributed by atoms with Gasteiger partial charge < -0.3 is 10.6 Å². The quantitative estimate of drug-likeness (QED) is 0.883. The molecule has 4 nitrogen and oxygen atoms in total. The molecule has 0 atom stereocenters. The fourth-order valence-corrected chi connectivity index (χ4v) is 1.91. The van der Waals surface area contributed by atoms with E-state index < -0.39 is 0 Å². The van der Waals surface area contributed by atoms with Crippen LogP contribution in [0.15, 0.2) is 36.7 Å².